The highest BCUT2D eigenvalue weighted by molar-refractivity contribution is 8.13. The highest BCUT2D eigenvalue weighted by Crippen LogP contribution is 2.24. The molecule has 0 fully saturated rings. The average Bonchev–Trinajstić information content (AvgIpc) is 2.31. The van der Waals surface area contributed by atoms with E-state index in [0.29, 0.717) is 12.1 Å². The molecule has 112 valence electrons. The van der Waals surface area contributed by atoms with Crippen LogP contribution in [-0.2, 0) is 9.05 Å². The summed E-state index contributed by atoms with van der Waals surface area (Å²) < 4.78 is 23.0. The molecule has 0 aromatic heterocycles. The number of amides is 1. The quantitative estimate of drug-likeness (QED) is 0.802. The van der Waals surface area contributed by atoms with Crippen molar-refractivity contribution >= 4 is 25.6 Å². The summed E-state index contributed by atoms with van der Waals surface area (Å²) in [6, 6.07) is 2.89. The lowest BCUT2D eigenvalue weighted by Crippen LogP contribution is -2.37. The van der Waals surface area contributed by atoms with Gasteiger partial charge in [0.05, 0.1) is 4.90 Å². The monoisotopic (exact) mass is 317 g/mol. The standard InChI is InChI=1S/C14H20ClNO3S/c1-6-16(9(2)3)14(17)13-8-12(20(15,18)19)7-10(4)11(13)5/h7-9H,6H2,1-5H3. The maximum atomic E-state index is 12.6. The van der Waals surface area contributed by atoms with Crippen molar-refractivity contribution in [1.29, 1.82) is 0 Å². The molecule has 0 N–H and O–H groups in total. The number of aryl methyl sites for hydroxylation is 1. The van der Waals surface area contributed by atoms with Crippen LogP contribution >= 0.6 is 10.7 Å². The third kappa shape index (κ3) is 3.52. The van der Waals surface area contributed by atoms with Crippen LogP contribution < -0.4 is 0 Å². The maximum Gasteiger partial charge on any atom is 0.261 e. The Labute approximate surface area is 125 Å². The molecule has 6 heteroatoms. The summed E-state index contributed by atoms with van der Waals surface area (Å²) in [7, 11) is 1.53. The molecule has 1 amide bonds. The van der Waals surface area contributed by atoms with Gasteiger partial charge in [-0.05, 0) is 57.9 Å². The fraction of sp³-hybridized carbons (Fsp3) is 0.500. The number of hydrogen-bond donors (Lipinski definition) is 0. The molecule has 0 radical (unpaired) electrons. The van der Waals surface area contributed by atoms with E-state index < -0.39 is 9.05 Å². The summed E-state index contributed by atoms with van der Waals surface area (Å²) in [5, 5.41) is 0. The van der Waals surface area contributed by atoms with Gasteiger partial charge in [0.15, 0.2) is 0 Å². The summed E-state index contributed by atoms with van der Waals surface area (Å²) in [6.45, 7) is 9.87. The maximum absolute atomic E-state index is 12.6. The number of carbonyl (C=O) groups is 1. The van der Waals surface area contributed by atoms with E-state index in [1.165, 1.54) is 12.1 Å². The molecule has 0 aliphatic carbocycles. The SMILES string of the molecule is CCN(C(=O)c1cc(S(=O)(=O)Cl)cc(C)c1C)C(C)C. The van der Waals surface area contributed by atoms with E-state index in [0.717, 1.165) is 11.1 Å². The highest BCUT2D eigenvalue weighted by atomic mass is 35.7. The predicted octanol–water partition coefficient (Wildman–Crippen LogP) is 3.10. The van der Waals surface area contributed by atoms with E-state index in [2.05, 4.69) is 0 Å². The van der Waals surface area contributed by atoms with Crippen molar-refractivity contribution < 1.29 is 13.2 Å². The van der Waals surface area contributed by atoms with E-state index >= 15 is 0 Å². The van der Waals surface area contributed by atoms with Gasteiger partial charge in [0.2, 0.25) is 0 Å². The van der Waals surface area contributed by atoms with Gasteiger partial charge in [-0.1, -0.05) is 0 Å². The third-order valence-electron chi connectivity index (χ3n) is 3.38. The van der Waals surface area contributed by atoms with Crippen molar-refractivity contribution in [1.82, 2.24) is 4.90 Å². The zero-order valence-electron chi connectivity index (χ0n) is 12.4. The Morgan fingerprint density at radius 3 is 2.25 bits per heavy atom. The average molecular weight is 318 g/mol. The zero-order valence-corrected chi connectivity index (χ0v) is 14.0. The van der Waals surface area contributed by atoms with E-state index in [-0.39, 0.29) is 16.8 Å². The smallest absolute Gasteiger partial charge is 0.261 e. The highest BCUT2D eigenvalue weighted by Gasteiger charge is 2.22. The lowest BCUT2D eigenvalue weighted by atomic mass is 10.0. The van der Waals surface area contributed by atoms with Gasteiger partial charge in [-0.15, -0.1) is 0 Å². The number of benzene rings is 1. The first-order valence-electron chi connectivity index (χ1n) is 6.46. The first kappa shape index (κ1) is 17.0. The molecule has 4 nitrogen and oxygen atoms in total. The van der Waals surface area contributed by atoms with Gasteiger partial charge in [-0.2, -0.15) is 0 Å². The molecule has 1 aromatic rings. The normalized spacial score (nSPS) is 11.8. The number of rotatable bonds is 4. The minimum absolute atomic E-state index is 0.0366. The third-order valence-corrected chi connectivity index (χ3v) is 4.71. The van der Waals surface area contributed by atoms with E-state index in [1.54, 1.807) is 18.7 Å². The second kappa shape index (κ2) is 6.14. The largest absolute Gasteiger partial charge is 0.336 e. The van der Waals surface area contributed by atoms with Crippen molar-refractivity contribution in [3.8, 4) is 0 Å². The number of carbonyl (C=O) groups excluding carboxylic acids is 1. The number of nitrogens with zero attached hydrogens (tertiary/aromatic N) is 1. The second-order valence-electron chi connectivity index (χ2n) is 5.04. The van der Waals surface area contributed by atoms with Gasteiger partial charge >= 0.3 is 0 Å². The summed E-state index contributed by atoms with van der Waals surface area (Å²) in [4.78, 5) is 14.2. The molecule has 0 heterocycles. The van der Waals surface area contributed by atoms with E-state index in [4.69, 9.17) is 10.7 Å². The van der Waals surface area contributed by atoms with E-state index in [9.17, 15) is 13.2 Å². The van der Waals surface area contributed by atoms with Crippen LogP contribution in [0.1, 0.15) is 42.3 Å². The second-order valence-corrected chi connectivity index (χ2v) is 7.60. The molecule has 1 rings (SSSR count). The number of hydrogen-bond acceptors (Lipinski definition) is 3. The summed E-state index contributed by atoms with van der Waals surface area (Å²) in [5.74, 6) is -0.176. The van der Waals surface area contributed by atoms with Crippen molar-refractivity contribution in [2.75, 3.05) is 6.54 Å². The van der Waals surface area contributed by atoms with Crippen LogP contribution in [0.2, 0.25) is 0 Å². The molecule has 0 aliphatic rings. The Morgan fingerprint density at radius 2 is 1.85 bits per heavy atom. The first-order valence-corrected chi connectivity index (χ1v) is 8.77. The topological polar surface area (TPSA) is 54.5 Å². The molecule has 20 heavy (non-hydrogen) atoms. The molecule has 1 aromatic carbocycles. The molecule has 0 saturated carbocycles. The van der Waals surface area contributed by atoms with Crippen molar-refractivity contribution in [2.45, 2.75) is 45.6 Å². The van der Waals surface area contributed by atoms with Crippen LogP contribution in [0.5, 0.6) is 0 Å². The predicted molar refractivity (Wildman–Crippen MR) is 80.8 cm³/mol. The molecule has 0 unspecified atom stereocenters. The zero-order chi connectivity index (χ0) is 15.7. The van der Waals surface area contributed by atoms with Crippen LogP contribution in [0.4, 0.5) is 0 Å². The van der Waals surface area contributed by atoms with Gasteiger partial charge in [0, 0.05) is 28.8 Å². The van der Waals surface area contributed by atoms with Crippen molar-refractivity contribution in [3.63, 3.8) is 0 Å². The lowest BCUT2D eigenvalue weighted by molar-refractivity contribution is 0.0716. The Bertz CT molecular complexity index is 624. The van der Waals surface area contributed by atoms with Crippen molar-refractivity contribution in [3.05, 3.63) is 28.8 Å². The van der Waals surface area contributed by atoms with Gasteiger partial charge < -0.3 is 4.90 Å². The molecular weight excluding hydrogens is 298 g/mol. The molecule has 0 aliphatic heterocycles. The summed E-state index contributed by atoms with van der Waals surface area (Å²) in [6.07, 6.45) is 0. The Kier molecular flexibility index (Phi) is 5.21. The molecule has 0 bridgehead atoms. The lowest BCUT2D eigenvalue weighted by Gasteiger charge is -2.26. The van der Waals surface area contributed by atoms with E-state index in [1.807, 2.05) is 20.8 Å². The van der Waals surface area contributed by atoms with Crippen LogP contribution in [0.3, 0.4) is 0 Å². The van der Waals surface area contributed by atoms with Crippen LogP contribution in [0.15, 0.2) is 17.0 Å². The van der Waals surface area contributed by atoms with Crippen molar-refractivity contribution in [2.24, 2.45) is 0 Å². The van der Waals surface area contributed by atoms with Gasteiger partial charge in [-0.3, -0.25) is 4.79 Å². The fourth-order valence-corrected chi connectivity index (χ4v) is 2.93. The van der Waals surface area contributed by atoms with Gasteiger partial charge in [0.1, 0.15) is 0 Å². The van der Waals surface area contributed by atoms with Crippen LogP contribution in [-0.4, -0.2) is 31.8 Å². The summed E-state index contributed by atoms with van der Waals surface area (Å²) >= 11 is 0. The first-order chi connectivity index (χ1) is 9.09. The van der Waals surface area contributed by atoms with Crippen LogP contribution in [0.25, 0.3) is 0 Å². The van der Waals surface area contributed by atoms with Gasteiger partial charge in [-0.25, -0.2) is 8.42 Å². The Hall–Kier alpha value is -1.07. The molecule has 0 saturated heterocycles. The molecular formula is C14H20ClNO3S. The van der Waals surface area contributed by atoms with Crippen LogP contribution in [0, 0.1) is 13.8 Å². The minimum atomic E-state index is -3.85. The van der Waals surface area contributed by atoms with Gasteiger partial charge in [0.25, 0.3) is 15.0 Å². The molecule has 0 spiro atoms. The minimum Gasteiger partial charge on any atom is -0.336 e. The Balaban J connectivity index is 3.45. The Morgan fingerprint density at radius 1 is 1.30 bits per heavy atom. The fourth-order valence-electron chi connectivity index (χ4n) is 2.09. The summed E-state index contributed by atoms with van der Waals surface area (Å²) in [5.41, 5.74) is 1.90. The molecule has 0 atom stereocenters. The number of halogens is 1.